The number of allylic oxidation sites excluding steroid dienone is 2. The lowest BCUT2D eigenvalue weighted by Crippen LogP contribution is -1.56. The topological polar surface area (TPSA) is 0 Å². The summed E-state index contributed by atoms with van der Waals surface area (Å²) < 4.78 is 0. The average molecular weight is 83.2 g/mol. The number of hydrogen-bond donors (Lipinski definition) is 0. The highest BCUT2D eigenvalue weighted by Gasteiger charge is 1.65. The summed E-state index contributed by atoms with van der Waals surface area (Å²) in [5.74, 6) is 0. The zero-order valence-corrected chi connectivity index (χ0v) is 4.28. The van der Waals surface area contributed by atoms with Crippen molar-refractivity contribution in [1.29, 1.82) is 0 Å². The maximum Gasteiger partial charge on any atom is -0.0351 e. The van der Waals surface area contributed by atoms with Crippen LogP contribution in [0.3, 0.4) is 0 Å². The Morgan fingerprint density at radius 1 is 1.67 bits per heavy atom. The van der Waals surface area contributed by atoms with E-state index in [-0.39, 0.29) is 0 Å². The Kier molecular flexibility index (Phi) is 4.53. The fraction of sp³-hybridized carbons (Fsp3) is 0.500. The van der Waals surface area contributed by atoms with Crippen LogP contribution in [0.2, 0.25) is 0 Å². The number of hydrogen-bond acceptors (Lipinski definition) is 0. The molecule has 0 amide bonds. The Labute approximate surface area is 39.9 Å². The molecule has 0 atom stereocenters. The first-order valence-corrected chi connectivity index (χ1v) is 2.32. The van der Waals surface area contributed by atoms with Gasteiger partial charge in [0, 0.05) is 0 Å². The predicted molar refractivity (Wildman–Crippen MR) is 29.4 cm³/mol. The lowest BCUT2D eigenvalue weighted by atomic mass is 10.3. The zero-order valence-electron chi connectivity index (χ0n) is 4.28. The second kappa shape index (κ2) is 4.74. The first-order chi connectivity index (χ1) is 2.91. The molecule has 0 bridgehead atoms. The highest BCUT2D eigenvalue weighted by atomic mass is 13.7. The zero-order chi connectivity index (χ0) is 4.83. The molecule has 0 N–H and O–H groups in total. The molecule has 0 nitrogen and oxygen atoms in total. The maximum atomic E-state index is 3.67. The van der Waals surface area contributed by atoms with E-state index >= 15 is 0 Å². The summed E-state index contributed by atoms with van der Waals surface area (Å²) >= 11 is 0. The van der Waals surface area contributed by atoms with Crippen molar-refractivity contribution in [2.45, 2.75) is 19.8 Å². The van der Waals surface area contributed by atoms with Crippen LogP contribution in [-0.4, -0.2) is 0 Å². The molecule has 6 heavy (non-hydrogen) atoms. The molecule has 0 aliphatic heterocycles. The summed E-state index contributed by atoms with van der Waals surface area (Å²) in [5.41, 5.74) is 0. The van der Waals surface area contributed by atoms with Crippen LogP contribution < -0.4 is 0 Å². The molecule has 1 radical (unpaired) electrons. The van der Waals surface area contributed by atoms with Crippen LogP contribution in [0.25, 0.3) is 0 Å². The van der Waals surface area contributed by atoms with Gasteiger partial charge in [0.05, 0.1) is 0 Å². The molecule has 0 aromatic carbocycles. The van der Waals surface area contributed by atoms with Crippen LogP contribution in [0, 0.1) is 6.92 Å². The Balaban J connectivity index is 2.66. The standard InChI is InChI=1S/C6H11/c1-3-5-6-4-2/h4,6H,1,3,5H2,2H3/b6-4+. The van der Waals surface area contributed by atoms with E-state index in [9.17, 15) is 0 Å². The third-order valence-electron chi connectivity index (χ3n) is 0.606. The largest absolute Gasteiger partial charge is 0.0917 e. The van der Waals surface area contributed by atoms with Crippen LogP contribution in [-0.2, 0) is 0 Å². The minimum absolute atomic E-state index is 1.02. The van der Waals surface area contributed by atoms with Crippen LogP contribution in [0.4, 0.5) is 0 Å². The van der Waals surface area contributed by atoms with Gasteiger partial charge in [-0.1, -0.05) is 19.1 Å². The molecule has 0 unspecified atom stereocenters. The van der Waals surface area contributed by atoms with Crippen LogP contribution in [0.5, 0.6) is 0 Å². The van der Waals surface area contributed by atoms with E-state index in [1.54, 1.807) is 0 Å². The van der Waals surface area contributed by atoms with Gasteiger partial charge in [-0.25, -0.2) is 0 Å². The van der Waals surface area contributed by atoms with Crippen LogP contribution >= 0.6 is 0 Å². The molecule has 0 rings (SSSR count). The normalized spacial score (nSPS) is 10.3. The Morgan fingerprint density at radius 3 is 2.50 bits per heavy atom. The highest BCUT2D eigenvalue weighted by Crippen LogP contribution is 1.84. The number of rotatable bonds is 2. The van der Waals surface area contributed by atoms with E-state index in [0.717, 1.165) is 12.8 Å². The van der Waals surface area contributed by atoms with Crippen molar-refractivity contribution in [3.05, 3.63) is 19.1 Å². The van der Waals surface area contributed by atoms with Crippen molar-refractivity contribution < 1.29 is 0 Å². The van der Waals surface area contributed by atoms with Gasteiger partial charge >= 0.3 is 0 Å². The molecule has 0 fully saturated rings. The second-order valence-corrected chi connectivity index (χ2v) is 1.21. The van der Waals surface area contributed by atoms with E-state index in [0.29, 0.717) is 0 Å². The van der Waals surface area contributed by atoms with Gasteiger partial charge in [-0.2, -0.15) is 0 Å². The van der Waals surface area contributed by atoms with Crippen LogP contribution in [0.1, 0.15) is 19.8 Å². The molecule has 0 aromatic rings. The summed E-state index contributed by atoms with van der Waals surface area (Å²) in [4.78, 5) is 0. The fourth-order valence-corrected chi connectivity index (χ4v) is 0.285. The van der Waals surface area contributed by atoms with Gasteiger partial charge in [-0.15, -0.1) is 0 Å². The lowest BCUT2D eigenvalue weighted by molar-refractivity contribution is 1.05. The van der Waals surface area contributed by atoms with Crippen molar-refractivity contribution in [3.8, 4) is 0 Å². The van der Waals surface area contributed by atoms with E-state index in [1.807, 2.05) is 13.0 Å². The first kappa shape index (κ1) is 5.74. The molecule has 0 aliphatic carbocycles. The Morgan fingerprint density at radius 2 is 2.33 bits per heavy atom. The Hall–Kier alpha value is -0.260. The van der Waals surface area contributed by atoms with Crippen molar-refractivity contribution >= 4 is 0 Å². The van der Waals surface area contributed by atoms with E-state index in [1.165, 1.54) is 0 Å². The van der Waals surface area contributed by atoms with Crippen LogP contribution in [0.15, 0.2) is 12.2 Å². The van der Waals surface area contributed by atoms with Gasteiger partial charge < -0.3 is 0 Å². The summed E-state index contributed by atoms with van der Waals surface area (Å²) in [5, 5.41) is 0. The highest BCUT2D eigenvalue weighted by molar-refractivity contribution is 4.76. The number of unbranched alkanes of at least 4 members (excludes halogenated alkanes) is 1. The quantitative estimate of drug-likeness (QED) is 0.449. The molecule has 0 spiro atoms. The van der Waals surface area contributed by atoms with Gasteiger partial charge in [0.1, 0.15) is 0 Å². The molecular formula is C6H11. The molecule has 0 aromatic heterocycles. The van der Waals surface area contributed by atoms with Gasteiger partial charge in [-0.3, -0.25) is 0 Å². The van der Waals surface area contributed by atoms with E-state index in [2.05, 4.69) is 13.0 Å². The van der Waals surface area contributed by atoms with Gasteiger partial charge in [-0.05, 0) is 19.8 Å². The average Bonchev–Trinajstić information content (AvgIpc) is 1.61. The minimum atomic E-state index is 1.02. The van der Waals surface area contributed by atoms with Crippen molar-refractivity contribution in [3.63, 3.8) is 0 Å². The predicted octanol–water partition coefficient (Wildman–Crippen LogP) is 2.18. The summed E-state index contributed by atoms with van der Waals surface area (Å²) in [7, 11) is 0. The lowest BCUT2D eigenvalue weighted by Gasteiger charge is -1.76. The van der Waals surface area contributed by atoms with E-state index < -0.39 is 0 Å². The molecule has 0 heteroatoms. The molecular weight excluding hydrogens is 72.1 g/mol. The van der Waals surface area contributed by atoms with Crippen molar-refractivity contribution in [2.75, 3.05) is 0 Å². The smallest absolute Gasteiger partial charge is 0.0351 e. The molecule has 0 aliphatic rings. The summed E-state index contributed by atoms with van der Waals surface area (Å²) in [6, 6.07) is 0. The maximum absolute atomic E-state index is 3.67. The monoisotopic (exact) mass is 83.1 g/mol. The minimum Gasteiger partial charge on any atom is -0.0917 e. The second-order valence-electron chi connectivity index (χ2n) is 1.21. The molecule has 0 saturated heterocycles. The Bertz CT molecular complexity index is 35.3. The first-order valence-electron chi connectivity index (χ1n) is 2.32. The third kappa shape index (κ3) is 3.74. The van der Waals surface area contributed by atoms with Gasteiger partial charge in [0.2, 0.25) is 0 Å². The fourth-order valence-electron chi connectivity index (χ4n) is 0.285. The summed E-state index contributed by atoms with van der Waals surface area (Å²) in [6.45, 7) is 5.70. The molecule has 0 heterocycles. The summed E-state index contributed by atoms with van der Waals surface area (Å²) in [6.07, 6.45) is 6.30. The van der Waals surface area contributed by atoms with E-state index in [4.69, 9.17) is 0 Å². The van der Waals surface area contributed by atoms with Crippen molar-refractivity contribution in [1.82, 2.24) is 0 Å². The molecule has 35 valence electrons. The van der Waals surface area contributed by atoms with Crippen molar-refractivity contribution in [2.24, 2.45) is 0 Å². The SMILES string of the molecule is [CH2]CC/C=C/C. The molecule has 0 saturated carbocycles. The third-order valence-corrected chi connectivity index (χ3v) is 0.606. The van der Waals surface area contributed by atoms with Gasteiger partial charge in [0.25, 0.3) is 0 Å². The van der Waals surface area contributed by atoms with Gasteiger partial charge in [0.15, 0.2) is 0 Å².